The molecule has 0 aromatic rings. The Morgan fingerprint density at radius 1 is 0.941 bits per heavy atom. The average molecular weight is 232 g/mol. The first-order valence-electron chi connectivity index (χ1n) is 7.75. The highest BCUT2D eigenvalue weighted by Crippen LogP contribution is 2.64. The van der Waals surface area contributed by atoms with Gasteiger partial charge in [0.15, 0.2) is 0 Å². The Morgan fingerprint density at radius 2 is 1.53 bits per heavy atom. The molecule has 0 heterocycles. The molecule has 1 nitrogen and oxygen atoms in total. The largest absolute Gasteiger partial charge is 0.300 e. The molecule has 1 atom stereocenters. The van der Waals surface area contributed by atoms with E-state index in [1.54, 1.807) is 0 Å². The monoisotopic (exact) mass is 232 g/mol. The third-order valence-electron chi connectivity index (χ3n) is 6.43. The molecule has 0 saturated heterocycles. The molecule has 0 radical (unpaired) electrons. The van der Waals surface area contributed by atoms with E-state index in [2.05, 4.69) is 0 Å². The molecule has 5 aliphatic carbocycles. The standard InChI is InChI=1S/C16H24O/c17-15-3-1-2-14(7-15)16-8-11-4-12(9-16)6-13(5-11)10-16/h11-14H,1-10H2. The molecule has 0 aliphatic heterocycles. The van der Waals surface area contributed by atoms with E-state index >= 15 is 0 Å². The molecule has 5 saturated carbocycles. The molecular formula is C16H24O. The lowest BCUT2D eigenvalue weighted by molar-refractivity contribution is -0.130. The first-order valence-corrected chi connectivity index (χ1v) is 7.75. The number of hydrogen-bond donors (Lipinski definition) is 0. The van der Waals surface area contributed by atoms with Crippen LogP contribution in [0.3, 0.4) is 0 Å². The van der Waals surface area contributed by atoms with Crippen molar-refractivity contribution >= 4 is 5.78 Å². The van der Waals surface area contributed by atoms with Crippen molar-refractivity contribution < 1.29 is 4.79 Å². The van der Waals surface area contributed by atoms with Gasteiger partial charge in [0.1, 0.15) is 5.78 Å². The van der Waals surface area contributed by atoms with Gasteiger partial charge in [-0.3, -0.25) is 4.79 Å². The van der Waals surface area contributed by atoms with Gasteiger partial charge in [0.2, 0.25) is 0 Å². The highest BCUT2D eigenvalue weighted by Gasteiger charge is 2.54. The molecule has 0 spiro atoms. The van der Waals surface area contributed by atoms with E-state index in [0.717, 1.165) is 36.5 Å². The number of carbonyl (C=O) groups excluding carboxylic acids is 1. The molecular weight excluding hydrogens is 208 g/mol. The van der Waals surface area contributed by atoms with Gasteiger partial charge in [0.25, 0.3) is 0 Å². The number of rotatable bonds is 1. The molecule has 5 aliphatic rings. The van der Waals surface area contributed by atoms with Crippen molar-refractivity contribution in [2.24, 2.45) is 29.1 Å². The lowest BCUT2D eigenvalue weighted by Gasteiger charge is -2.60. The van der Waals surface area contributed by atoms with E-state index in [9.17, 15) is 4.79 Å². The highest BCUT2D eigenvalue weighted by atomic mass is 16.1. The maximum Gasteiger partial charge on any atom is 0.133 e. The summed E-state index contributed by atoms with van der Waals surface area (Å²) < 4.78 is 0. The molecule has 1 heteroatoms. The van der Waals surface area contributed by atoms with Crippen LogP contribution in [0.2, 0.25) is 0 Å². The van der Waals surface area contributed by atoms with E-state index in [-0.39, 0.29) is 0 Å². The van der Waals surface area contributed by atoms with E-state index < -0.39 is 0 Å². The molecule has 0 N–H and O–H groups in total. The zero-order chi connectivity index (χ0) is 11.5. The summed E-state index contributed by atoms with van der Waals surface area (Å²) in [5.74, 6) is 4.46. The van der Waals surface area contributed by atoms with Crippen LogP contribution in [-0.2, 0) is 4.79 Å². The number of ketones is 1. The molecule has 0 aromatic carbocycles. The van der Waals surface area contributed by atoms with Crippen molar-refractivity contribution in [1.29, 1.82) is 0 Å². The Balaban J connectivity index is 1.61. The fourth-order valence-corrected chi connectivity index (χ4v) is 6.22. The van der Waals surface area contributed by atoms with Crippen molar-refractivity contribution in [2.75, 3.05) is 0 Å². The van der Waals surface area contributed by atoms with Gasteiger partial charge in [-0.15, -0.1) is 0 Å². The lowest BCUT2D eigenvalue weighted by Crippen LogP contribution is -2.50. The fourth-order valence-electron chi connectivity index (χ4n) is 6.22. The van der Waals surface area contributed by atoms with Crippen molar-refractivity contribution in [3.05, 3.63) is 0 Å². The third kappa shape index (κ3) is 1.61. The predicted molar refractivity (Wildman–Crippen MR) is 67.6 cm³/mol. The fraction of sp³-hybridized carbons (Fsp3) is 0.938. The van der Waals surface area contributed by atoms with Crippen molar-refractivity contribution in [2.45, 2.75) is 64.2 Å². The zero-order valence-electron chi connectivity index (χ0n) is 10.8. The van der Waals surface area contributed by atoms with Crippen molar-refractivity contribution in [3.63, 3.8) is 0 Å². The molecule has 94 valence electrons. The maximum absolute atomic E-state index is 11.8. The first-order chi connectivity index (χ1) is 8.23. The average Bonchev–Trinajstić information content (AvgIpc) is 2.27. The summed E-state index contributed by atoms with van der Waals surface area (Å²) in [5, 5.41) is 0. The van der Waals surface area contributed by atoms with E-state index in [0.29, 0.717) is 11.2 Å². The Bertz CT molecular complexity index is 308. The summed E-state index contributed by atoms with van der Waals surface area (Å²) >= 11 is 0. The third-order valence-corrected chi connectivity index (χ3v) is 6.43. The molecule has 5 rings (SSSR count). The summed E-state index contributed by atoms with van der Waals surface area (Å²) in [5.41, 5.74) is 0.630. The van der Waals surface area contributed by atoms with Gasteiger partial charge < -0.3 is 0 Å². The second-order valence-electron chi connectivity index (χ2n) is 7.61. The van der Waals surface area contributed by atoms with E-state index in [1.165, 1.54) is 51.4 Å². The Labute approximate surface area is 104 Å². The second-order valence-corrected chi connectivity index (χ2v) is 7.61. The Kier molecular flexibility index (Phi) is 2.23. The van der Waals surface area contributed by atoms with Gasteiger partial charge in [0, 0.05) is 12.8 Å². The Morgan fingerprint density at radius 3 is 2.06 bits per heavy atom. The number of hydrogen-bond acceptors (Lipinski definition) is 1. The number of Topliss-reactive ketones (excluding diaryl/α,β-unsaturated/α-hetero) is 1. The van der Waals surface area contributed by atoms with Gasteiger partial charge >= 0.3 is 0 Å². The molecule has 17 heavy (non-hydrogen) atoms. The van der Waals surface area contributed by atoms with E-state index in [4.69, 9.17) is 0 Å². The number of carbonyl (C=O) groups is 1. The van der Waals surface area contributed by atoms with Gasteiger partial charge in [-0.25, -0.2) is 0 Å². The van der Waals surface area contributed by atoms with Crippen LogP contribution < -0.4 is 0 Å². The zero-order valence-corrected chi connectivity index (χ0v) is 10.8. The summed E-state index contributed by atoms with van der Waals surface area (Å²) in [7, 11) is 0. The van der Waals surface area contributed by atoms with Crippen molar-refractivity contribution in [1.82, 2.24) is 0 Å². The molecule has 1 unspecified atom stereocenters. The van der Waals surface area contributed by atoms with Crippen LogP contribution in [0, 0.1) is 29.1 Å². The predicted octanol–water partition coefficient (Wildman–Crippen LogP) is 3.96. The minimum absolute atomic E-state index is 0.567. The van der Waals surface area contributed by atoms with Crippen LogP contribution in [0.4, 0.5) is 0 Å². The van der Waals surface area contributed by atoms with Crippen LogP contribution >= 0.6 is 0 Å². The summed E-state index contributed by atoms with van der Waals surface area (Å²) in [6.45, 7) is 0. The smallest absolute Gasteiger partial charge is 0.133 e. The van der Waals surface area contributed by atoms with Gasteiger partial charge in [-0.05, 0) is 80.5 Å². The topological polar surface area (TPSA) is 17.1 Å². The summed E-state index contributed by atoms with van der Waals surface area (Å²) in [6.07, 6.45) is 13.4. The van der Waals surface area contributed by atoms with Crippen LogP contribution in [0.15, 0.2) is 0 Å². The van der Waals surface area contributed by atoms with Crippen LogP contribution in [0.1, 0.15) is 64.2 Å². The molecule has 0 amide bonds. The lowest BCUT2D eigenvalue weighted by atomic mass is 9.45. The summed E-state index contributed by atoms with van der Waals surface area (Å²) in [6, 6.07) is 0. The quantitative estimate of drug-likeness (QED) is 0.668. The van der Waals surface area contributed by atoms with Crippen LogP contribution in [0.5, 0.6) is 0 Å². The van der Waals surface area contributed by atoms with Gasteiger partial charge in [-0.1, -0.05) is 0 Å². The molecule has 0 aromatic heterocycles. The normalized spacial score (nSPS) is 53.1. The summed E-state index contributed by atoms with van der Waals surface area (Å²) in [4.78, 5) is 11.8. The van der Waals surface area contributed by atoms with Crippen LogP contribution in [0.25, 0.3) is 0 Å². The maximum atomic E-state index is 11.8. The first kappa shape index (κ1) is 10.6. The van der Waals surface area contributed by atoms with Gasteiger partial charge in [0.05, 0.1) is 0 Å². The van der Waals surface area contributed by atoms with Crippen molar-refractivity contribution in [3.8, 4) is 0 Å². The SMILES string of the molecule is O=C1CCCC(C23CC4CC(CC(C4)C2)C3)C1. The van der Waals surface area contributed by atoms with Gasteiger partial charge in [-0.2, -0.15) is 0 Å². The minimum Gasteiger partial charge on any atom is -0.300 e. The molecule has 5 fully saturated rings. The Hall–Kier alpha value is -0.330. The second kappa shape index (κ2) is 3.59. The minimum atomic E-state index is 0.567. The highest BCUT2D eigenvalue weighted by molar-refractivity contribution is 5.79. The van der Waals surface area contributed by atoms with Crippen LogP contribution in [-0.4, -0.2) is 5.78 Å². The van der Waals surface area contributed by atoms with E-state index in [1.807, 2.05) is 0 Å². The molecule has 4 bridgehead atoms.